The fourth-order valence-electron chi connectivity index (χ4n) is 2.26. The minimum atomic E-state index is -5.05. The third-order valence-electron chi connectivity index (χ3n) is 3.61. The number of carbonyl (C=O) groups excluding carboxylic acids is 1. The number of nitrogens with one attached hydrogen (secondary N) is 1. The van der Waals surface area contributed by atoms with Gasteiger partial charge in [-0.25, -0.2) is 30.8 Å². The highest BCUT2D eigenvalue weighted by molar-refractivity contribution is 7.92. The van der Waals surface area contributed by atoms with Crippen LogP contribution in [0, 0.1) is 23.3 Å². The number of anilines is 2. The summed E-state index contributed by atoms with van der Waals surface area (Å²) in [5, 5.41) is 0. The first kappa shape index (κ1) is 21.5. The second kappa shape index (κ2) is 8.05. The van der Waals surface area contributed by atoms with Crippen LogP contribution < -0.4 is 9.62 Å². The molecule has 0 saturated heterocycles. The van der Waals surface area contributed by atoms with Gasteiger partial charge in [-0.1, -0.05) is 0 Å². The molecular weight excluding hydrogens is 404 g/mol. The van der Waals surface area contributed by atoms with Gasteiger partial charge in [0, 0.05) is 25.5 Å². The summed E-state index contributed by atoms with van der Waals surface area (Å²) in [6, 6.07) is 5.63. The molecule has 1 N–H and O–H groups in total. The first-order valence-corrected chi connectivity index (χ1v) is 9.32. The van der Waals surface area contributed by atoms with E-state index in [1.54, 1.807) is 19.0 Å². The zero-order valence-corrected chi connectivity index (χ0v) is 15.8. The Morgan fingerprint density at radius 1 is 1.00 bits per heavy atom. The van der Waals surface area contributed by atoms with Crippen molar-refractivity contribution >= 4 is 27.4 Å². The van der Waals surface area contributed by atoms with Gasteiger partial charge in [-0.3, -0.25) is 4.72 Å². The van der Waals surface area contributed by atoms with Crippen molar-refractivity contribution < 1.29 is 35.5 Å². The number of hydrogen-bond acceptors (Lipinski definition) is 5. The number of halogens is 4. The van der Waals surface area contributed by atoms with E-state index in [0.29, 0.717) is 5.69 Å². The molecule has 0 aliphatic carbocycles. The summed E-state index contributed by atoms with van der Waals surface area (Å²) < 4.78 is 87.4. The minimum Gasteiger partial charge on any atom is -0.462 e. The van der Waals surface area contributed by atoms with Gasteiger partial charge in [-0.05, 0) is 31.2 Å². The summed E-state index contributed by atoms with van der Waals surface area (Å²) in [6.45, 7) is 0.986. The molecule has 0 amide bonds. The largest absolute Gasteiger partial charge is 0.462 e. The molecule has 6 nitrogen and oxygen atoms in total. The van der Waals surface area contributed by atoms with Crippen molar-refractivity contribution in [2.45, 2.75) is 11.8 Å². The predicted octanol–water partition coefficient (Wildman–Crippen LogP) is 3.29. The first-order valence-electron chi connectivity index (χ1n) is 7.84. The predicted molar refractivity (Wildman–Crippen MR) is 93.8 cm³/mol. The molecule has 0 heterocycles. The van der Waals surface area contributed by atoms with E-state index in [2.05, 4.69) is 4.74 Å². The second-order valence-corrected chi connectivity index (χ2v) is 7.35. The van der Waals surface area contributed by atoms with Gasteiger partial charge in [0.15, 0.2) is 28.2 Å². The minimum absolute atomic E-state index is 0.0909. The Hall–Kier alpha value is -2.82. The van der Waals surface area contributed by atoms with E-state index in [4.69, 9.17) is 0 Å². The van der Waals surface area contributed by atoms with Crippen molar-refractivity contribution in [3.63, 3.8) is 0 Å². The number of sulfonamides is 1. The first-order chi connectivity index (χ1) is 13.0. The van der Waals surface area contributed by atoms with Crippen molar-refractivity contribution in [2.24, 2.45) is 0 Å². The van der Waals surface area contributed by atoms with Crippen LogP contribution in [0.4, 0.5) is 28.9 Å². The highest BCUT2D eigenvalue weighted by atomic mass is 32.2. The molecule has 0 bridgehead atoms. The van der Waals surface area contributed by atoms with Crippen molar-refractivity contribution in [2.75, 3.05) is 30.3 Å². The van der Waals surface area contributed by atoms with Crippen LogP contribution in [0.1, 0.15) is 17.3 Å². The summed E-state index contributed by atoms with van der Waals surface area (Å²) in [5.74, 6) is -10.5. The van der Waals surface area contributed by atoms with E-state index in [1.165, 1.54) is 31.2 Å². The van der Waals surface area contributed by atoms with Gasteiger partial charge in [0.05, 0.1) is 6.61 Å². The molecule has 2 rings (SSSR count). The third kappa shape index (κ3) is 4.03. The average molecular weight is 420 g/mol. The van der Waals surface area contributed by atoms with E-state index in [0.717, 1.165) is 0 Å². The van der Waals surface area contributed by atoms with Crippen molar-refractivity contribution in [1.29, 1.82) is 0 Å². The van der Waals surface area contributed by atoms with Crippen LogP contribution in [0.3, 0.4) is 0 Å². The Labute approximate surface area is 158 Å². The number of esters is 1. The summed E-state index contributed by atoms with van der Waals surface area (Å²) in [7, 11) is -1.57. The Balaban J connectivity index is 2.57. The second-order valence-electron chi connectivity index (χ2n) is 5.73. The SMILES string of the molecule is CCOC(=O)c1c(F)c(F)c(F)c(S(=O)(=O)Nc2ccc(N(C)C)cc2)c1F. The van der Waals surface area contributed by atoms with E-state index >= 15 is 0 Å². The number of benzene rings is 2. The van der Waals surface area contributed by atoms with Gasteiger partial charge in [0.25, 0.3) is 10.0 Å². The molecule has 0 aliphatic rings. The lowest BCUT2D eigenvalue weighted by Gasteiger charge is -2.15. The molecule has 28 heavy (non-hydrogen) atoms. The molecule has 0 radical (unpaired) electrons. The number of carbonyl (C=O) groups is 1. The molecule has 0 aromatic heterocycles. The van der Waals surface area contributed by atoms with Gasteiger partial charge in [-0.2, -0.15) is 0 Å². The molecule has 0 atom stereocenters. The van der Waals surface area contributed by atoms with Crippen molar-refractivity contribution in [3.8, 4) is 0 Å². The smallest absolute Gasteiger partial charge is 0.344 e. The van der Waals surface area contributed by atoms with E-state index in [9.17, 15) is 30.8 Å². The van der Waals surface area contributed by atoms with Gasteiger partial charge >= 0.3 is 5.97 Å². The molecule has 11 heteroatoms. The highest BCUT2D eigenvalue weighted by Gasteiger charge is 2.36. The molecule has 0 aliphatic heterocycles. The Bertz CT molecular complexity index is 1010. The molecule has 0 saturated carbocycles. The molecule has 2 aromatic rings. The van der Waals surface area contributed by atoms with Crippen LogP contribution in [0.2, 0.25) is 0 Å². The summed E-state index contributed by atoms with van der Waals surface area (Å²) in [6.07, 6.45) is 0. The lowest BCUT2D eigenvalue weighted by molar-refractivity contribution is 0.0512. The number of rotatable bonds is 6. The lowest BCUT2D eigenvalue weighted by Crippen LogP contribution is -2.22. The van der Waals surface area contributed by atoms with Crippen LogP contribution in [-0.4, -0.2) is 35.1 Å². The molecular formula is C17H16F4N2O4S. The van der Waals surface area contributed by atoms with Crippen molar-refractivity contribution in [3.05, 3.63) is 53.1 Å². The normalized spacial score (nSPS) is 11.2. The summed E-state index contributed by atoms with van der Waals surface area (Å²) in [5.41, 5.74) is -1.02. The maximum atomic E-state index is 14.5. The van der Waals surface area contributed by atoms with Crippen LogP contribution in [0.25, 0.3) is 0 Å². The maximum absolute atomic E-state index is 14.5. The Morgan fingerprint density at radius 3 is 2.07 bits per heavy atom. The third-order valence-corrected chi connectivity index (χ3v) is 5.01. The summed E-state index contributed by atoms with van der Waals surface area (Å²) >= 11 is 0. The maximum Gasteiger partial charge on any atom is 0.344 e. The lowest BCUT2D eigenvalue weighted by atomic mass is 10.2. The molecule has 152 valence electrons. The van der Waals surface area contributed by atoms with Crippen molar-refractivity contribution in [1.82, 2.24) is 0 Å². The summed E-state index contributed by atoms with van der Waals surface area (Å²) in [4.78, 5) is 11.6. The zero-order valence-electron chi connectivity index (χ0n) is 15.0. The molecule has 0 fully saturated rings. The van der Waals surface area contributed by atoms with Gasteiger partial charge in [-0.15, -0.1) is 0 Å². The fourth-order valence-corrected chi connectivity index (χ4v) is 3.48. The van der Waals surface area contributed by atoms with Gasteiger partial charge in [0.1, 0.15) is 5.56 Å². The highest BCUT2D eigenvalue weighted by Crippen LogP contribution is 2.30. The van der Waals surface area contributed by atoms with E-state index in [1.807, 2.05) is 4.72 Å². The molecule has 2 aromatic carbocycles. The quantitative estimate of drug-likeness (QED) is 0.336. The monoisotopic (exact) mass is 420 g/mol. The van der Waals surface area contributed by atoms with Crippen LogP contribution in [0.5, 0.6) is 0 Å². The van der Waals surface area contributed by atoms with E-state index in [-0.39, 0.29) is 12.3 Å². The number of ether oxygens (including phenoxy) is 1. The van der Waals surface area contributed by atoms with Gasteiger partial charge < -0.3 is 9.64 Å². The average Bonchev–Trinajstić information content (AvgIpc) is 2.60. The van der Waals surface area contributed by atoms with E-state index < -0.39 is 49.7 Å². The molecule has 0 spiro atoms. The number of nitrogens with zero attached hydrogens (tertiary/aromatic N) is 1. The standard InChI is InChI=1S/C17H16F4N2O4S/c1-4-27-17(24)11-12(18)14(20)15(21)16(13(11)19)28(25,26)22-9-5-7-10(8-6-9)23(2)3/h5-8,22H,4H2,1-3H3. The fraction of sp³-hybridized carbons (Fsp3) is 0.235. The number of hydrogen-bond donors (Lipinski definition) is 1. The topological polar surface area (TPSA) is 75.7 Å². The van der Waals surface area contributed by atoms with Gasteiger partial charge in [0.2, 0.25) is 0 Å². The Morgan fingerprint density at radius 2 is 1.57 bits per heavy atom. The zero-order chi connectivity index (χ0) is 21.2. The van der Waals surface area contributed by atoms with Crippen LogP contribution in [-0.2, 0) is 14.8 Å². The van der Waals surface area contributed by atoms with Crippen LogP contribution in [0.15, 0.2) is 29.2 Å². The Kier molecular flexibility index (Phi) is 6.17. The van der Waals surface area contributed by atoms with Crippen LogP contribution >= 0.6 is 0 Å². The molecule has 0 unspecified atom stereocenters.